The van der Waals surface area contributed by atoms with Crippen molar-refractivity contribution in [3.63, 3.8) is 0 Å². The van der Waals surface area contributed by atoms with Gasteiger partial charge in [-0.3, -0.25) is 14.6 Å². The monoisotopic (exact) mass is 288 g/mol. The molecular weight excluding hydrogens is 268 g/mol. The Morgan fingerprint density at radius 2 is 2.29 bits per heavy atom. The van der Waals surface area contributed by atoms with Crippen molar-refractivity contribution in [3.8, 4) is 5.75 Å². The molecule has 21 heavy (non-hydrogen) atoms. The van der Waals surface area contributed by atoms with E-state index in [9.17, 15) is 5.11 Å². The Morgan fingerprint density at radius 3 is 3.00 bits per heavy atom. The zero-order chi connectivity index (χ0) is 14.7. The van der Waals surface area contributed by atoms with E-state index in [2.05, 4.69) is 21.0 Å². The summed E-state index contributed by atoms with van der Waals surface area (Å²) in [5, 5.41) is 14.2. The van der Waals surface area contributed by atoms with E-state index in [0.29, 0.717) is 12.3 Å². The molecule has 1 fully saturated rings. The molecule has 1 aliphatic rings. The zero-order valence-corrected chi connectivity index (χ0v) is 12.1. The van der Waals surface area contributed by atoms with Gasteiger partial charge in [-0.05, 0) is 18.1 Å². The third-order valence-corrected chi connectivity index (χ3v) is 3.72. The molecule has 0 spiro atoms. The molecule has 0 aliphatic carbocycles. The number of aliphatic hydroxyl groups is 1. The number of rotatable bonds is 5. The van der Waals surface area contributed by atoms with E-state index in [1.54, 1.807) is 17.1 Å². The number of pyridine rings is 1. The fourth-order valence-electron chi connectivity index (χ4n) is 2.60. The van der Waals surface area contributed by atoms with E-state index < -0.39 is 6.10 Å². The van der Waals surface area contributed by atoms with Gasteiger partial charge in [-0.25, -0.2) is 0 Å². The van der Waals surface area contributed by atoms with Crippen LogP contribution >= 0.6 is 0 Å². The first-order valence-corrected chi connectivity index (χ1v) is 7.15. The average molecular weight is 288 g/mol. The lowest BCUT2D eigenvalue weighted by Gasteiger charge is -2.16. The molecule has 0 saturated carbocycles. The quantitative estimate of drug-likeness (QED) is 0.867. The zero-order valence-electron chi connectivity index (χ0n) is 12.1. The van der Waals surface area contributed by atoms with Crippen molar-refractivity contribution in [1.29, 1.82) is 0 Å². The summed E-state index contributed by atoms with van der Waals surface area (Å²) in [7, 11) is 1.85. The highest BCUT2D eigenvalue weighted by atomic mass is 16.5. The summed E-state index contributed by atoms with van der Waals surface area (Å²) in [6, 6.07) is 4.02. The normalized spacial score (nSPS) is 22.6. The van der Waals surface area contributed by atoms with Crippen LogP contribution in [0.5, 0.6) is 5.75 Å². The van der Waals surface area contributed by atoms with Crippen molar-refractivity contribution in [2.45, 2.75) is 18.6 Å². The minimum Gasteiger partial charge on any atom is -0.483 e. The number of nitrogens with zero attached hydrogens (tertiary/aromatic N) is 4. The summed E-state index contributed by atoms with van der Waals surface area (Å²) in [5.41, 5.74) is 1.21. The maximum atomic E-state index is 10.1. The topological polar surface area (TPSA) is 63.4 Å². The molecular formula is C15H20N4O2. The Labute approximate surface area is 124 Å². The van der Waals surface area contributed by atoms with Gasteiger partial charge >= 0.3 is 0 Å². The van der Waals surface area contributed by atoms with Crippen LogP contribution in [0.1, 0.15) is 5.56 Å². The summed E-state index contributed by atoms with van der Waals surface area (Å²) in [6.07, 6.45) is 7.43. The van der Waals surface area contributed by atoms with Crippen LogP contribution in [0, 0.1) is 0 Å². The van der Waals surface area contributed by atoms with Crippen LogP contribution < -0.4 is 4.74 Å². The van der Waals surface area contributed by atoms with Crippen molar-refractivity contribution < 1.29 is 9.84 Å². The lowest BCUT2D eigenvalue weighted by atomic mass is 10.2. The molecule has 2 aromatic rings. The van der Waals surface area contributed by atoms with Crippen LogP contribution in [0.15, 0.2) is 36.9 Å². The van der Waals surface area contributed by atoms with E-state index in [1.807, 2.05) is 25.5 Å². The molecule has 2 atom stereocenters. The highest BCUT2D eigenvalue weighted by molar-refractivity contribution is 5.13. The number of aromatic nitrogens is 3. The second-order valence-corrected chi connectivity index (χ2v) is 5.44. The molecule has 6 heteroatoms. The fraction of sp³-hybridized carbons (Fsp3) is 0.467. The molecule has 1 aliphatic heterocycles. The van der Waals surface area contributed by atoms with Crippen LogP contribution in [-0.2, 0) is 13.5 Å². The maximum Gasteiger partial charge on any atom is 0.157 e. The number of hydrogen-bond acceptors (Lipinski definition) is 5. The second kappa shape index (κ2) is 6.24. The van der Waals surface area contributed by atoms with Gasteiger partial charge < -0.3 is 9.84 Å². The standard InChI is InChI=1S/C15H20N4O2/c1-18-9-13(8-17-18)21-15-11-19(10-14(15)20)6-4-12-3-2-5-16-7-12/h2-3,5,7-9,14-15,20H,4,6,10-11H2,1H3/t14-,15-/m1/s1. The Morgan fingerprint density at radius 1 is 1.38 bits per heavy atom. The summed E-state index contributed by atoms with van der Waals surface area (Å²) in [5.74, 6) is 0.704. The number of aliphatic hydroxyl groups excluding tert-OH is 1. The van der Waals surface area contributed by atoms with Crippen molar-refractivity contribution in [3.05, 3.63) is 42.5 Å². The number of β-amino-alcohol motifs (C(OH)–C–C–N with tert-alkyl or cyclic N) is 1. The largest absolute Gasteiger partial charge is 0.483 e. The Kier molecular flexibility index (Phi) is 4.17. The van der Waals surface area contributed by atoms with Gasteiger partial charge in [0.2, 0.25) is 0 Å². The molecule has 112 valence electrons. The Bertz CT molecular complexity index is 572. The summed E-state index contributed by atoms with van der Waals surface area (Å²) in [6.45, 7) is 2.27. The van der Waals surface area contributed by atoms with Crippen LogP contribution in [0.2, 0.25) is 0 Å². The minimum absolute atomic E-state index is 0.192. The van der Waals surface area contributed by atoms with Crippen molar-refractivity contribution in [2.24, 2.45) is 7.05 Å². The van der Waals surface area contributed by atoms with Crippen LogP contribution in [0.25, 0.3) is 0 Å². The predicted molar refractivity (Wildman–Crippen MR) is 78.0 cm³/mol. The predicted octanol–water partition coefficient (Wildman–Crippen LogP) is 0.482. The van der Waals surface area contributed by atoms with E-state index >= 15 is 0 Å². The average Bonchev–Trinajstić information content (AvgIpc) is 3.05. The fourth-order valence-corrected chi connectivity index (χ4v) is 2.60. The number of hydrogen-bond donors (Lipinski definition) is 1. The van der Waals surface area contributed by atoms with Gasteiger partial charge in [0.25, 0.3) is 0 Å². The molecule has 0 amide bonds. The van der Waals surface area contributed by atoms with Crippen molar-refractivity contribution in [2.75, 3.05) is 19.6 Å². The van der Waals surface area contributed by atoms with Gasteiger partial charge in [0.05, 0.1) is 12.4 Å². The number of aryl methyl sites for hydroxylation is 1. The highest BCUT2D eigenvalue weighted by Crippen LogP contribution is 2.18. The van der Waals surface area contributed by atoms with E-state index in [0.717, 1.165) is 19.5 Å². The second-order valence-electron chi connectivity index (χ2n) is 5.44. The first-order valence-electron chi connectivity index (χ1n) is 7.15. The van der Waals surface area contributed by atoms with Crippen molar-refractivity contribution in [1.82, 2.24) is 19.7 Å². The smallest absolute Gasteiger partial charge is 0.157 e. The van der Waals surface area contributed by atoms with Crippen LogP contribution in [-0.4, -0.2) is 56.6 Å². The van der Waals surface area contributed by atoms with Gasteiger partial charge in [-0.1, -0.05) is 6.07 Å². The summed E-state index contributed by atoms with van der Waals surface area (Å²) >= 11 is 0. The Balaban J connectivity index is 1.51. The molecule has 1 N–H and O–H groups in total. The summed E-state index contributed by atoms with van der Waals surface area (Å²) < 4.78 is 7.49. The molecule has 0 aromatic carbocycles. The molecule has 0 bridgehead atoms. The minimum atomic E-state index is -0.459. The van der Waals surface area contributed by atoms with Crippen LogP contribution in [0.4, 0.5) is 0 Å². The van der Waals surface area contributed by atoms with Gasteiger partial charge in [-0.2, -0.15) is 5.10 Å². The number of likely N-dealkylation sites (tertiary alicyclic amines) is 1. The van der Waals surface area contributed by atoms with E-state index in [1.165, 1.54) is 5.56 Å². The highest BCUT2D eigenvalue weighted by Gasteiger charge is 2.32. The molecule has 0 unspecified atom stereocenters. The molecule has 0 radical (unpaired) electrons. The molecule has 3 rings (SSSR count). The third-order valence-electron chi connectivity index (χ3n) is 3.72. The van der Waals surface area contributed by atoms with E-state index in [-0.39, 0.29) is 6.10 Å². The van der Waals surface area contributed by atoms with E-state index in [4.69, 9.17) is 4.74 Å². The van der Waals surface area contributed by atoms with Gasteiger partial charge in [-0.15, -0.1) is 0 Å². The Hall–Kier alpha value is -1.92. The lowest BCUT2D eigenvalue weighted by Crippen LogP contribution is -2.30. The first kappa shape index (κ1) is 14.0. The van der Waals surface area contributed by atoms with Gasteiger partial charge in [0.15, 0.2) is 5.75 Å². The van der Waals surface area contributed by atoms with Gasteiger partial charge in [0.1, 0.15) is 12.2 Å². The maximum absolute atomic E-state index is 10.1. The molecule has 3 heterocycles. The molecule has 2 aromatic heterocycles. The summed E-state index contributed by atoms with van der Waals surface area (Å²) in [4.78, 5) is 6.34. The number of ether oxygens (including phenoxy) is 1. The SMILES string of the molecule is Cn1cc(O[C@@H]2CN(CCc3cccnc3)C[C@H]2O)cn1. The first-order chi connectivity index (χ1) is 10.2. The molecule has 6 nitrogen and oxygen atoms in total. The molecule has 1 saturated heterocycles. The van der Waals surface area contributed by atoms with Crippen LogP contribution in [0.3, 0.4) is 0 Å². The third kappa shape index (κ3) is 3.59. The van der Waals surface area contributed by atoms with Crippen molar-refractivity contribution >= 4 is 0 Å². The lowest BCUT2D eigenvalue weighted by molar-refractivity contribution is 0.0736. The van der Waals surface area contributed by atoms with Gasteiger partial charge in [0, 0.05) is 39.1 Å².